The molecular formula is C14H19N3S. The molecule has 2 rings (SSSR count). The summed E-state index contributed by atoms with van der Waals surface area (Å²) < 4.78 is 0. The molecule has 0 saturated heterocycles. The van der Waals surface area contributed by atoms with Crippen LogP contribution in [-0.2, 0) is 12.8 Å². The number of nitrogens with two attached hydrogens (primary N) is 1. The number of nitrogens with one attached hydrogen (secondary N) is 1. The van der Waals surface area contributed by atoms with Gasteiger partial charge < -0.3 is 11.1 Å². The van der Waals surface area contributed by atoms with Crippen LogP contribution < -0.4 is 11.1 Å². The molecule has 1 aromatic heterocycles. The number of nitrogen functional groups attached to an aromatic ring is 1. The highest BCUT2D eigenvalue weighted by Gasteiger charge is 1.98. The fraction of sp³-hybridized carbons (Fsp3) is 0.357. The van der Waals surface area contributed by atoms with Gasteiger partial charge in [-0.05, 0) is 37.6 Å². The zero-order valence-electron chi connectivity index (χ0n) is 10.6. The Bertz CT molecular complexity index is 493. The highest BCUT2D eigenvalue weighted by Crippen LogP contribution is 2.09. The van der Waals surface area contributed by atoms with Gasteiger partial charge in [-0.25, -0.2) is 4.98 Å². The molecule has 1 aromatic carbocycles. The fourth-order valence-electron chi connectivity index (χ4n) is 1.82. The normalized spacial score (nSPS) is 10.7. The van der Waals surface area contributed by atoms with Crippen molar-refractivity contribution < 1.29 is 0 Å². The van der Waals surface area contributed by atoms with Crippen molar-refractivity contribution in [1.29, 1.82) is 0 Å². The molecule has 4 heteroatoms. The minimum Gasteiger partial charge on any atom is -0.399 e. The van der Waals surface area contributed by atoms with Gasteiger partial charge in [0.1, 0.15) is 0 Å². The van der Waals surface area contributed by atoms with Gasteiger partial charge in [0.25, 0.3) is 0 Å². The standard InChI is InChI=1S/C14H19N3S/c1-11-10-18-14(17-11)6-8-16-7-5-12-3-2-4-13(15)9-12/h2-4,9-10,16H,5-8,15H2,1H3. The summed E-state index contributed by atoms with van der Waals surface area (Å²) in [4.78, 5) is 4.44. The predicted molar refractivity (Wildman–Crippen MR) is 78.0 cm³/mol. The number of aryl methyl sites for hydroxylation is 1. The minimum atomic E-state index is 0.839. The molecule has 0 aliphatic heterocycles. The molecule has 3 N–H and O–H groups in total. The van der Waals surface area contributed by atoms with Crippen LogP contribution in [0.5, 0.6) is 0 Å². The number of aromatic nitrogens is 1. The Morgan fingerprint density at radius 3 is 2.83 bits per heavy atom. The summed E-state index contributed by atoms with van der Waals surface area (Å²) in [6, 6.07) is 8.07. The maximum absolute atomic E-state index is 5.74. The molecule has 2 aromatic rings. The Balaban J connectivity index is 1.64. The van der Waals surface area contributed by atoms with E-state index >= 15 is 0 Å². The van der Waals surface area contributed by atoms with Crippen LogP contribution in [0.25, 0.3) is 0 Å². The molecule has 0 bridgehead atoms. The summed E-state index contributed by atoms with van der Waals surface area (Å²) in [5.74, 6) is 0. The highest BCUT2D eigenvalue weighted by molar-refractivity contribution is 7.09. The SMILES string of the molecule is Cc1csc(CCNCCc2cccc(N)c2)n1. The highest BCUT2D eigenvalue weighted by atomic mass is 32.1. The van der Waals surface area contributed by atoms with Crippen LogP contribution in [0.4, 0.5) is 5.69 Å². The van der Waals surface area contributed by atoms with E-state index in [-0.39, 0.29) is 0 Å². The molecular weight excluding hydrogens is 242 g/mol. The third-order valence-corrected chi connectivity index (χ3v) is 3.75. The molecule has 0 spiro atoms. The molecule has 0 aliphatic rings. The monoisotopic (exact) mass is 261 g/mol. The van der Waals surface area contributed by atoms with Crippen molar-refractivity contribution in [2.75, 3.05) is 18.8 Å². The van der Waals surface area contributed by atoms with Crippen LogP contribution >= 0.6 is 11.3 Å². The maximum Gasteiger partial charge on any atom is 0.0940 e. The number of anilines is 1. The predicted octanol–water partition coefficient (Wildman–Crippen LogP) is 2.41. The van der Waals surface area contributed by atoms with Gasteiger partial charge in [0.15, 0.2) is 0 Å². The second-order valence-corrected chi connectivity index (χ2v) is 5.32. The zero-order valence-corrected chi connectivity index (χ0v) is 11.5. The van der Waals surface area contributed by atoms with Crippen LogP contribution in [0.2, 0.25) is 0 Å². The molecule has 0 saturated carbocycles. The molecule has 3 nitrogen and oxygen atoms in total. The molecule has 0 unspecified atom stereocenters. The Kier molecular flexibility index (Phi) is 4.73. The van der Waals surface area contributed by atoms with E-state index in [0.717, 1.165) is 37.3 Å². The Morgan fingerprint density at radius 2 is 2.11 bits per heavy atom. The Labute approximate surface area is 112 Å². The molecule has 0 atom stereocenters. The average molecular weight is 261 g/mol. The second-order valence-electron chi connectivity index (χ2n) is 4.38. The lowest BCUT2D eigenvalue weighted by Gasteiger charge is -2.04. The molecule has 0 radical (unpaired) electrons. The van der Waals surface area contributed by atoms with Crippen LogP contribution in [0.15, 0.2) is 29.6 Å². The van der Waals surface area contributed by atoms with Gasteiger partial charge in [-0.3, -0.25) is 0 Å². The van der Waals surface area contributed by atoms with Crippen molar-refractivity contribution >= 4 is 17.0 Å². The van der Waals surface area contributed by atoms with E-state index in [1.165, 1.54) is 10.6 Å². The number of benzene rings is 1. The Morgan fingerprint density at radius 1 is 1.28 bits per heavy atom. The molecule has 0 fully saturated rings. The zero-order chi connectivity index (χ0) is 12.8. The lowest BCUT2D eigenvalue weighted by molar-refractivity contribution is 0.680. The number of hydrogen-bond acceptors (Lipinski definition) is 4. The van der Waals surface area contributed by atoms with Gasteiger partial charge in [-0.2, -0.15) is 0 Å². The van der Waals surface area contributed by atoms with Gasteiger partial charge in [-0.1, -0.05) is 12.1 Å². The summed E-state index contributed by atoms with van der Waals surface area (Å²) >= 11 is 1.74. The summed E-state index contributed by atoms with van der Waals surface area (Å²) in [6.45, 7) is 4.00. The van der Waals surface area contributed by atoms with Crippen LogP contribution in [0, 0.1) is 6.92 Å². The molecule has 18 heavy (non-hydrogen) atoms. The van der Waals surface area contributed by atoms with Gasteiger partial charge in [0.2, 0.25) is 0 Å². The van der Waals surface area contributed by atoms with E-state index in [2.05, 4.69) is 21.7 Å². The molecule has 0 aliphatic carbocycles. The average Bonchev–Trinajstić information content (AvgIpc) is 2.75. The van der Waals surface area contributed by atoms with Crippen molar-refractivity contribution in [1.82, 2.24) is 10.3 Å². The lowest BCUT2D eigenvalue weighted by atomic mass is 10.1. The minimum absolute atomic E-state index is 0.839. The number of hydrogen-bond donors (Lipinski definition) is 2. The smallest absolute Gasteiger partial charge is 0.0940 e. The van der Waals surface area contributed by atoms with Crippen molar-refractivity contribution in [2.45, 2.75) is 19.8 Å². The Hall–Kier alpha value is -1.39. The quantitative estimate of drug-likeness (QED) is 0.620. The first kappa shape index (κ1) is 13.1. The van der Waals surface area contributed by atoms with Gasteiger partial charge in [0, 0.05) is 29.7 Å². The van der Waals surface area contributed by atoms with Gasteiger partial charge in [-0.15, -0.1) is 11.3 Å². The lowest BCUT2D eigenvalue weighted by Crippen LogP contribution is -2.20. The van der Waals surface area contributed by atoms with E-state index in [1.54, 1.807) is 11.3 Å². The van der Waals surface area contributed by atoms with Crippen LogP contribution in [0.1, 0.15) is 16.3 Å². The first-order valence-electron chi connectivity index (χ1n) is 6.20. The first-order valence-corrected chi connectivity index (χ1v) is 7.08. The fourth-order valence-corrected chi connectivity index (χ4v) is 2.60. The summed E-state index contributed by atoms with van der Waals surface area (Å²) in [5, 5.41) is 6.75. The molecule has 0 amide bonds. The van der Waals surface area contributed by atoms with Crippen molar-refractivity contribution in [3.63, 3.8) is 0 Å². The van der Waals surface area contributed by atoms with Gasteiger partial charge >= 0.3 is 0 Å². The third-order valence-electron chi connectivity index (χ3n) is 2.72. The third kappa shape index (κ3) is 4.13. The first-order chi connectivity index (χ1) is 8.74. The number of rotatable bonds is 6. The van der Waals surface area contributed by atoms with Crippen LogP contribution in [-0.4, -0.2) is 18.1 Å². The number of nitrogens with zero attached hydrogens (tertiary/aromatic N) is 1. The summed E-state index contributed by atoms with van der Waals surface area (Å²) in [7, 11) is 0. The van der Waals surface area contributed by atoms with Gasteiger partial charge in [0.05, 0.1) is 5.01 Å². The van der Waals surface area contributed by atoms with Crippen molar-refractivity contribution in [3.05, 3.63) is 45.9 Å². The van der Waals surface area contributed by atoms with Crippen molar-refractivity contribution in [2.24, 2.45) is 0 Å². The van der Waals surface area contributed by atoms with E-state index in [4.69, 9.17) is 5.73 Å². The van der Waals surface area contributed by atoms with E-state index in [0.29, 0.717) is 0 Å². The largest absolute Gasteiger partial charge is 0.399 e. The summed E-state index contributed by atoms with van der Waals surface area (Å²) in [5.41, 5.74) is 8.98. The van der Waals surface area contributed by atoms with Crippen molar-refractivity contribution in [3.8, 4) is 0 Å². The maximum atomic E-state index is 5.74. The van der Waals surface area contributed by atoms with Crippen LogP contribution in [0.3, 0.4) is 0 Å². The van der Waals surface area contributed by atoms with E-state index < -0.39 is 0 Å². The van der Waals surface area contributed by atoms with E-state index in [9.17, 15) is 0 Å². The molecule has 96 valence electrons. The second kappa shape index (κ2) is 6.52. The summed E-state index contributed by atoms with van der Waals surface area (Å²) in [6.07, 6.45) is 2.03. The topological polar surface area (TPSA) is 50.9 Å². The number of thiazole rings is 1. The van der Waals surface area contributed by atoms with E-state index in [1.807, 2.05) is 25.1 Å². The molecule has 1 heterocycles.